The van der Waals surface area contributed by atoms with Crippen LogP contribution >= 0.6 is 0 Å². The molecule has 0 unspecified atom stereocenters. The predicted octanol–water partition coefficient (Wildman–Crippen LogP) is 4.68. The highest BCUT2D eigenvalue weighted by Gasteiger charge is 2.32. The van der Waals surface area contributed by atoms with Gasteiger partial charge in [0.05, 0.1) is 17.7 Å². The molecular formula is C16H13F3O2. The zero-order valence-electron chi connectivity index (χ0n) is 11.3. The first-order valence-electron chi connectivity index (χ1n) is 6.32. The Morgan fingerprint density at radius 3 is 2.57 bits per heavy atom. The van der Waals surface area contributed by atoms with E-state index in [1.54, 1.807) is 13.0 Å². The Morgan fingerprint density at radius 2 is 2.00 bits per heavy atom. The van der Waals surface area contributed by atoms with Crippen molar-refractivity contribution < 1.29 is 22.7 Å². The molecule has 2 nitrogen and oxygen atoms in total. The maximum Gasteiger partial charge on any atom is 0.417 e. The third-order valence-corrected chi connectivity index (χ3v) is 3.06. The summed E-state index contributed by atoms with van der Waals surface area (Å²) in [5.74, 6) is -0.653. The summed E-state index contributed by atoms with van der Waals surface area (Å²) in [7, 11) is 0. The molecule has 0 bridgehead atoms. The molecule has 2 aromatic rings. The van der Waals surface area contributed by atoms with Gasteiger partial charge in [0.25, 0.3) is 0 Å². The largest absolute Gasteiger partial charge is 0.462 e. The van der Waals surface area contributed by atoms with E-state index in [9.17, 15) is 18.0 Å². The molecule has 0 saturated carbocycles. The lowest BCUT2D eigenvalue weighted by molar-refractivity contribution is -0.136. The predicted molar refractivity (Wildman–Crippen MR) is 75.0 cm³/mol. The fourth-order valence-electron chi connectivity index (χ4n) is 2.16. The van der Waals surface area contributed by atoms with Crippen molar-refractivity contribution in [2.24, 2.45) is 0 Å². The third-order valence-electron chi connectivity index (χ3n) is 3.06. The van der Waals surface area contributed by atoms with Gasteiger partial charge in [0.15, 0.2) is 0 Å². The highest BCUT2D eigenvalue weighted by molar-refractivity contribution is 6.00. The number of hydrogen-bond donors (Lipinski definition) is 0. The number of alkyl halides is 3. The van der Waals surface area contributed by atoms with Crippen molar-refractivity contribution in [1.82, 2.24) is 0 Å². The number of carbonyl (C=O) groups excluding carboxylic acids is 1. The van der Waals surface area contributed by atoms with Crippen molar-refractivity contribution in [3.8, 4) is 0 Å². The molecule has 0 N–H and O–H groups in total. The molecule has 0 amide bonds. The van der Waals surface area contributed by atoms with E-state index in [4.69, 9.17) is 4.74 Å². The molecule has 0 fully saturated rings. The van der Waals surface area contributed by atoms with E-state index >= 15 is 0 Å². The van der Waals surface area contributed by atoms with Gasteiger partial charge >= 0.3 is 12.1 Å². The number of ether oxygens (including phenoxy) is 1. The van der Waals surface area contributed by atoms with E-state index < -0.39 is 17.7 Å². The Labute approximate surface area is 119 Å². The lowest BCUT2D eigenvalue weighted by Gasteiger charge is -2.13. The minimum atomic E-state index is -4.49. The van der Waals surface area contributed by atoms with Gasteiger partial charge in [0.2, 0.25) is 0 Å². The van der Waals surface area contributed by atoms with Crippen molar-refractivity contribution in [2.45, 2.75) is 13.1 Å². The maximum absolute atomic E-state index is 13.1. The van der Waals surface area contributed by atoms with Crippen LogP contribution in [0.4, 0.5) is 13.2 Å². The molecule has 21 heavy (non-hydrogen) atoms. The van der Waals surface area contributed by atoms with Crippen LogP contribution in [-0.2, 0) is 10.9 Å². The van der Waals surface area contributed by atoms with Crippen LogP contribution in [0.1, 0.15) is 28.4 Å². The minimum Gasteiger partial charge on any atom is -0.462 e. The van der Waals surface area contributed by atoms with Crippen molar-refractivity contribution in [1.29, 1.82) is 0 Å². The van der Waals surface area contributed by atoms with E-state index in [0.717, 1.165) is 6.07 Å². The monoisotopic (exact) mass is 294 g/mol. The molecular weight excluding hydrogens is 281 g/mol. The van der Waals surface area contributed by atoms with E-state index in [-0.39, 0.29) is 17.6 Å². The van der Waals surface area contributed by atoms with Gasteiger partial charge in [0, 0.05) is 0 Å². The van der Waals surface area contributed by atoms with Crippen molar-refractivity contribution >= 4 is 22.8 Å². The van der Waals surface area contributed by atoms with Crippen molar-refractivity contribution in [3.05, 3.63) is 53.6 Å². The summed E-state index contributed by atoms with van der Waals surface area (Å²) in [4.78, 5) is 11.8. The van der Waals surface area contributed by atoms with Gasteiger partial charge in [0.1, 0.15) is 0 Å². The van der Waals surface area contributed by atoms with Gasteiger partial charge < -0.3 is 4.74 Å². The molecule has 2 rings (SSSR count). The quantitative estimate of drug-likeness (QED) is 0.768. The zero-order valence-corrected chi connectivity index (χ0v) is 11.3. The van der Waals surface area contributed by atoms with Crippen LogP contribution in [0.15, 0.2) is 36.9 Å². The van der Waals surface area contributed by atoms with Gasteiger partial charge in [-0.2, -0.15) is 13.2 Å². The SMILES string of the molecule is C=Cc1cc(C(=O)OCC)cc2c(C(F)(F)F)cccc12. The highest BCUT2D eigenvalue weighted by atomic mass is 19.4. The second-order valence-corrected chi connectivity index (χ2v) is 4.39. The van der Waals surface area contributed by atoms with Crippen LogP contribution in [-0.4, -0.2) is 12.6 Å². The number of hydrogen-bond acceptors (Lipinski definition) is 2. The first-order chi connectivity index (χ1) is 9.88. The van der Waals surface area contributed by atoms with E-state index in [1.165, 1.54) is 24.3 Å². The Hall–Kier alpha value is -2.30. The second kappa shape index (κ2) is 5.60. The van der Waals surface area contributed by atoms with Crippen LogP contribution in [0.3, 0.4) is 0 Å². The van der Waals surface area contributed by atoms with Crippen LogP contribution in [0.2, 0.25) is 0 Å². The Bertz CT molecular complexity index is 702. The third kappa shape index (κ3) is 2.91. The van der Waals surface area contributed by atoms with Gasteiger partial charge in [-0.15, -0.1) is 0 Å². The van der Waals surface area contributed by atoms with Crippen LogP contribution in [0, 0.1) is 0 Å². The summed E-state index contributed by atoms with van der Waals surface area (Å²) in [6.45, 7) is 5.37. The maximum atomic E-state index is 13.1. The molecule has 2 aromatic carbocycles. The highest BCUT2D eigenvalue weighted by Crippen LogP contribution is 2.36. The molecule has 0 saturated heterocycles. The topological polar surface area (TPSA) is 26.3 Å². The molecule has 0 aromatic heterocycles. The van der Waals surface area contributed by atoms with Gasteiger partial charge in [-0.1, -0.05) is 24.8 Å². The molecule has 110 valence electrons. The average molecular weight is 294 g/mol. The number of halogens is 3. The summed E-state index contributed by atoms with van der Waals surface area (Å²) in [6, 6.07) is 6.58. The number of fused-ring (bicyclic) bond motifs is 1. The molecule has 0 radical (unpaired) electrons. The Morgan fingerprint density at radius 1 is 1.29 bits per heavy atom. The smallest absolute Gasteiger partial charge is 0.417 e. The first-order valence-corrected chi connectivity index (χ1v) is 6.32. The number of esters is 1. The number of benzene rings is 2. The zero-order chi connectivity index (χ0) is 15.6. The summed E-state index contributed by atoms with van der Waals surface area (Å²) >= 11 is 0. The Balaban J connectivity index is 2.77. The summed E-state index contributed by atoms with van der Waals surface area (Å²) < 4.78 is 44.1. The average Bonchev–Trinajstić information content (AvgIpc) is 2.44. The summed E-state index contributed by atoms with van der Waals surface area (Å²) in [5, 5.41) is 0.360. The van der Waals surface area contributed by atoms with Crippen molar-refractivity contribution in [3.63, 3.8) is 0 Å². The number of rotatable bonds is 3. The van der Waals surface area contributed by atoms with Gasteiger partial charge in [-0.3, -0.25) is 0 Å². The Kier molecular flexibility index (Phi) is 4.02. The van der Waals surface area contributed by atoms with Crippen LogP contribution < -0.4 is 0 Å². The lowest BCUT2D eigenvalue weighted by atomic mass is 9.97. The van der Waals surface area contributed by atoms with Crippen LogP contribution in [0.5, 0.6) is 0 Å². The van der Waals surface area contributed by atoms with Crippen molar-refractivity contribution in [2.75, 3.05) is 6.61 Å². The lowest BCUT2D eigenvalue weighted by Crippen LogP contribution is -2.08. The van der Waals surface area contributed by atoms with Gasteiger partial charge in [-0.05, 0) is 41.5 Å². The molecule has 0 spiro atoms. The number of carbonyl (C=O) groups is 1. The molecule has 0 aliphatic heterocycles. The minimum absolute atomic E-state index is 0.0366. The van der Waals surface area contributed by atoms with Crippen LogP contribution in [0.25, 0.3) is 16.8 Å². The second-order valence-electron chi connectivity index (χ2n) is 4.39. The van der Waals surface area contributed by atoms with E-state index in [0.29, 0.717) is 10.9 Å². The molecule has 5 heteroatoms. The molecule has 0 aliphatic carbocycles. The van der Waals surface area contributed by atoms with Gasteiger partial charge in [-0.25, -0.2) is 4.79 Å². The summed E-state index contributed by atoms with van der Waals surface area (Å²) in [5.41, 5.74) is -0.244. The van der Waals surface area contributed by atoms with E-state index in [1.807, 2.05) is 0 Å². The first kappa shape index (κ1) is 15.1. The molecule has 0 heterocycles. The normalized spacial score (nSPS) is 11.4. The standard InChI is InChI=1S/C16H13F3O2/c1-3-10-8-11(15(20)21-4-2)9-13-12(10)6-5-7-14(13)16(17,18)19/h3,5-9H,1,4H2,2H3. The fraction of sp³-hybridized carbons (Fsp3) is 0.188. The van der Waals surface area contributed by atoms with E-state index in [2.05, 4.69) is 6.58 Å². The molecule has 0 aliphatic rings. The summed E-state index contributed by atoms with van der Waals surface area (Å²) in [6.07, 6.45) is -3.07. The fourth-order valence-corrected chi connectivity index (χ4v) is 2.16. The molecule has 0 atom stereocenters.